The third-order valence-electron chi connectivity index (χ3n) is 2.61. The van der Waals surface area contributed by atoms with Crippen molar-refractivity contribution < 1.29 is 0 Å². The first kappa shape index (κ1) is 15.4. The van der Waals surface area contributed by atoms with E-state index in [1.54, 1.807) is 0 Å². The van der Waals surface area contributed by atoms with Gasteiger partial charge in [0.05, 0.1) is 0 Å². The molecule has 0 aliphatic heterocycles. The molecule has 0 heterocycles. The van der Waals surface area contributed by atoms with Gasteiger partial charge in [-0.25, -0.2) is 0 Å². The summed E-state index contributed by atoms with van der Waals surface area (Å²) in [6.07, 6.45) is 6.35. The Morgan fingerprint density at radius 2 is 1.77 bits per heavy atom. The number of hydrogen-bond acceptors (Lipinski definition) is 1. The van der Waals surface area contributed by atoms with E-state index in [0.717, 1.165) is 24.7 Å². The van der Waals surface area contributed by atoms with Crippen LogP contribution in [-0.4, -0.2) is 0 Å². The lowest BCUT2D eigenvalue weighted by molar-refractivity contribution is 0.342. The number of rotatable bonds is 0. The minimum Gasteiger partial charge on any atom is -0.324 e. The third kappa shape index (κ3) is 6.09. The van der Waals surface area contributed by atoms with Crippen molar-refractivity contribution in [3.63, 3.8) is 0 Å². The molecule has 1 fully saturated rings. The summed E-state index contributed by atoms with van der Waals surface area (Å²) in [5.74, 6) is 1.73. The highest BCUT2D eigenvalue weighted by Crippen LogP contribution is 2.27. The molecule has 1 rings (SSSR count). The number of hydrogen-bond donors (Lipinski definition) is 1. The topological polar surface area (TPSA) is 26.0 Å². The SMILES string of the molecule is CC1CCC[C](N)CC(C)C1.[CH2].[CH2]. The molecule has 0 aromatic carbocycles. The van der Waals surface area contributed by atoms with Crippen molar-refractivity contribution >= 4 is 0 Å². The van der Waals surface area contributed by atoms with Crippen molar-refractivity contribution in [2.24, 2.45) is 17.6 Å². The average Bonchev–Trinajstić information content (AvgIpc) is 1.83. The molecule has 13 heavy (non-hydrogen) atoms. The lowest BCUT2D eigenvalue weighted by Crippen LogP contribution is -2.18. The van der Waals surface area contributed by atoms with Crippen molar-refractivity contribution in [1.82, 2.24) is 0 Å². The molecule has 0 saturated heterocycles. The van der Waals surface area contributed by atoms with Gasteiger partial charge in [0.15, 0.2) is 0 Å². The smallest absolute Gasteiger partial charge is 0.0339 e. The fourth-order valence-electron chi connectivity index (χ4n) is 2.12. The van der Waals surface area contributed by atoms with E-state index in [0.29, 0.717) is 0 Å². The molecule has 2 N–H and O–H groups in total. The Labute approximate surface area is 85.1 Å². The van der Waals surface area contributed by atoms with Crippen molar-refractivity contribution in [1.29, 1.82) is 0 Å². The molecule has 5 radical (unpaired) electrons. The molecule has 1 aliphatic rings. The van der Waals surface area contributed by atoms with Crippen LogP contribution in [0.2, 0.25) is 0 Å². The molecule has 1 aliphatic carbocycles. The third-order valence-corrected chi connectivity index (χ3v) is 2.61. The van der Waals surface area contributed by atoms with Gasteiger partial charge in [0, 0.05) is 6.04 Å². The van der Waals surface area contributed by atoms with Crippen molar-refractivity contribution in [2.75, 3.05) is 0 Å². The zero-order valence-electron chi connectivity index (χ0n) is 9.18. The van der Waals surface area contributed by atoms with Gasteiger partial charge in [0.2, 0.25) is 0 Å². The van der Waals surface area contributed by atoms with Gasteiger partial charge in [-0.2, -0.15) is 0 Å². The molecular weight excluding hydrogens is 158 g/mol. The van der Waals surface area contributed by atoms with Gasteiger partial charge >= 0.3 is 0 Å². The summed E-state index contributed by atoms with van der Waals surface area (Å²) in [7, 11) is 0. The van der Waals surface area contributed by atoms with Crippen LogP contribution in [0.3, 0.4) is 0 Å². The molecule has 1 saturated carbocycles. The van der Waals surface area contributed by atoms with Gasteiger partial charge in [-0.3, -0.25) is 0 Å². The van der Waals surface area contributed by atoms with E-state index in [9.17, 15) is 0 Å². The van der Waals surface area contributed by atoms with Gasteiger partial charge in [-0.1, -0.05) is 41.5 Å². The molecule has 0 spiro atoms. The first-order chi connectivity index (χ1) is 5.18. The zero-order valence-corrected chi connectivity index (χ0v) is 9.18. The van der Waals surface area contributed by atoms with Crippen LogP contribution in [-0.2, 0) is 0 Å². The van der Waals surface area contributed by atoms with Crippen LogP contribution >= 0.6 is 0 Å². The molecular formula is C12H24N. The lowest BCUT2D eigenvalue weighted by atomic mass is 9.84. The van der Waals surface area contributed by atoms with Gasteiger partial charge in [-0.15, -0.1) is 0 Å². The fraction of sp³-hybridized carbons (Fsp3) is 0.750. The maximum Gasteiger partial charge on any atom is 0.0339 e. The molecule has 0 aromatic rings. The van der Waals surface area contributed by atoms with E-state index in [4.69, 9.17) is 5.73 Å². The summed E-state index contributed by atoms with van der Waals surface area (Å²) in [5, 5.41) is 0. The maximum absolute atomic E-state index is 5.86. The summed E-state index contributed by atoms with van der Waals surface area (Å²) in [6, 6.07) is 1.23. The highest BCUT2D eigenvalue weighted by molar-refractivity contribution is 4.86. The predicted molar refractivity (Wildman–Crippen MR) is 59.6 cm³/mol. The minimum absolute atomic E-state index is 0. The van der Waals surface area contributed by atoms with Crippen LogP contribution in [0.25, 0.3) is 0 Å². The second-order valence-corrected chi connectivity index (χ2v) is 4.20. The predicted octanol–water partition coefficient (Wildman–Crippen LogP) is 3.37. The first-order valence-electron chi connectivity index (χ1n) is 4.78. The molecule has 1 heteroatoms. The van der Waals surface area contributed by atoms with Gasteiger partial charge in [0.25, 0.3) is 0 Å². The van der Waals surface area contributed by atoms with Crippen LogP contribution in [0.1, 0.15) is 46.0 Å². The standard InChI is InChI=1S/C10H20N.2CH2/c1-8-4-3-5-10(11)7-9(2)6-8;;/h8-9H,3-7,11H2,1-2H3;2*1H2. The van der Waals surface area contributed by atoms with E-state index in [2.05, 4.69) is 13.8 Å². The Bertz CT molecular complexity index is 99.7. The lowest BCUT2D eigenvalue weighted by Gasteiger charge is -2.24. The van der Waals surface area contributed by atoms with Crippen LogP contribution in [0, 0.1) is 32.7 Å². The summed E-state index contributed by atoms with van der Waals surface area (Å²) < 4.78 is 0. The Morgan fingerprint density at radius 1 is 1.15 bits per heavy atom. The molecule has 2 atom stereocenters. The van der Waals surface area contributed by atoms with Gasteiger partial charge < -0.3 is 5.73 Å². The minimum atomic E-state index is 0. The molecule has 1 nitrogen and oxygen atoms in total. The van der Waals surface area contributed by atoms with E-state index in [-0.39, 0.29) is 14.9 Å². The normalized spacial score (nSPS) is 30.7. The quantitative estimate of drug-likeness (QED) is 0.610. The number of nitrogens with two attached hydrogens (primary N) is 1. The van der Waals surface area contributed by atoms with Crippen LogP contribution in [0.4, 0.5) is 0 Å². The van der Waals surface area contributed by atoms with Crippen LogP contribution in [0.5, 0.6) is 0 Å². The zero-order chi connectivity index (χ0) is 8.27. The maximum atomic E-state index is 5.86. The van der Waals surface area contributed by atoms with E-state index in [1.807, 2.05) is 0 Å². The second kappa shape index (κ2) is 7.37. The van der Waals surface area contributed by atoms with Crippen molar-refractivity contribution in [2.45, 2.75) is 46.0 Å². The second-order valence-electron chi connectivity index (χ2n) is 4.20. The van der Waals surface area contributed by atoms with Gasteiger partial charge in [0.1, 0.15) is 0 Å². The monoisotopic (exact) mass is 182 g/mol. The van der Waals surface area contributed by atoms with E-state index >= 15 is 0 Å². The fourth-order valence-corrected chi connectivity index (χ4v) is 2.12. The molecule has 2 unspecified atom stereocenters. The highest BCUT2D eigenvalue weighted by atomic mass is 14.6. The largest absolute Gasteiger partial charge is 0.324 e. The van der Waals surface area contributed by atoms with Crippen molar-refractivity contribution in [3.05, 3.63) is 20.9 Å². The summed E-state index contributed by atoms with van der Waals surface area (Å²) >= 11 is 0. The van der Waals surface area contributed by atoms with Crippen molar-refractivity contribution in [3.8, 4) is 0 Å². The Balaban J connectivity index is 0. The Kier molecular flexibility index (Phi) is 8.75. The average molecular weight is 182 g/mol. The molecule has 0 aromatic heterocycles. The summed E-state index contributed by atoms with van der Waals surface area (Å²) in [6.45, 7) is 4.67. The molecule has 0 amide bonds. The van der Waals surface area contributed by atoms with E-state index < -0.39 is 0 Å². The van der Waals surface area contributed by atoms with Crippen LogP contribution < -0.4 is 5.73 Å². The Morgan fingerprint density at radius 3 is 2.38 bits per heavy atom. The Hall–Kier alpha value is -0.0400. The summed E-state index contributed by atoms with van der Waals surface area (Å²) in [4.78, 5) is 0. The van der Waals surface area contributed by atoms with Crippen LogP contribution in [0.15, 0.2) is 0 Å². The first-order valence-corrected chi connectivity index (χ1v) is 4.78. The highest BCUT2D eigenvalue weighted by Gasteiger charge is 2.16. The summed E-state index contributed by atoms with van der Waals surface area (Å²) in [5.41, 5.74) is 5.86. The molecule has 77 valence electrons. The van der Waals surface area contributed by atoms with E-state index in [1.165, 1.54) is 25.3 Å². The van der Waals surface area contributed by atoms with Gasteiger partial charge in [-0.05, 0) is 31.1 Å². The molecule has 0 bridgehead atoms.